The Bertz CT molecular complexity index is 712. The fourth-order valence-corrected chi connectivity index (χ4v) is 5.22. The molecule has 1 aromatic carbocycles. The van der Waals surface area contributed by atoms with Gasteiger partial charge >= 0.3 is 0 Å². The van der Waals surface area contributed by atoms with E-state index in [1.807, 2.05) is 0 Å². The number of aliphatic hydroxyl groups is 1. The van der Waals surface area contributed by atoms with Gasteiger partial charge in [0, 0.05) is 38.8 Å². The summed E-state index contributed by atoms with van der Waals surface area (Å²) in [4.78, 5) is 2.16. The predicted molar refractivity (Wildman–Crippen MR) is 96.8 cm³/mol. The zero-order valence-corrected chi connectivity index (χ0v) is 16.4. The van der Waals surface area contributed by atoms with Crippen molar-refractivity contribution >= 4 is 21.6 Å². The minimum Gasteiger partial charge on any atom is -0.396 e. The Balaban J connectivity index is 2.27. The number of aryl methyl sites for hydroxylation is 1. The molecule has 0 bridgehead atoms. The molecule has 1 unspecified atom stereocenters. The molecule has 2 rings (SSSR count). The molecule has 1 aliphatic heterocycles. The van der Waals surface area contributed by atoms with E-state index < -0.39 is 15.8 Å². The van der Waals surface area contributed by atoms with E-state index in [-0.39, 0.29) is 28.1 Å². The van der Waals surface area contributed by atoms with Crippen LogP contribution in [-0.2, 0) is 10.0 Å². The number of halogens is 2. The Kier molecular flexibility index (Phi) is 6.84. The first kappa shape index (κ1) is 20.6. The van der Waals surface area contributed by atoms with Gasteiger partial charge in [0.15, 0.2) is 0 Å². The topological polar surface area (TPSA) is 60.9 Å². The molecule has 1 atom stereocenters. The van der Waals surface area contributed by atoms with Crippen LogP contribution < -0.4 is 0 Å². The van der Waals surface area contributed by atoms with Gasteiger partial charge in [0.25, 0.3) is 0 Å². The smallest absolute Gasteiger partial charge is 0.244 e. The van der Waals surface area contributed by atoms with E-state index in [2.05, 4.69) is 18.7 Å². The maximum absolute atomic E-state index is 13.6. The van der Waals surface area contributed by atoms with Crippen LogP contribution >= 0.6 is 11.6 Å². The van der Waals surface area contributed by atoms with E-state index >= 15 is 0 Å². The van der Waals surface area contributed by atoms with Crippen LogP contribution in [0.1, 0.15) is 25.8 Å². The van der Waals surface area contributed by atoms with Gasteiger partial charge in [-0.3, -0.25) is 4.90 Å². The molecule has 142 valence electrons. The van der Waals surface area contributed by atoms with E-state index in [1.165, 1.54) is 17.3 Å². The number of rotatable bonds is 6. The Labute approximate surface area is 154 Å². The van der Waals surface area contributed by atoms with Crippen molar-refractivity contribution in [2.24, 2.45) is 5.92 Å². The van der Waals surface area contributed by atoms with Crippen LogP contribution in [0.2, 0.25) is 5.02 Å². The maximum atomic E-state index is 13.6. The fourth-order valence-electron chi connectivity index (χ4n) is 3.18. The van der Waals surface area contributed by atoms with Crippen molar-refractivity contribution in [3.8, 4) is 0 Å². The third-order valence-electron chi connectivity index (χ3n) is 4.46. The minimum atomic E-state index is -3.81. The average molecular weight is 393 g/mol. The minimum absolute atomic E-state index is 0.00353. The van der Waals surface area contributed by atoms with Gasteiger partial charge in [0.05, 0.1) is 5.02 Å². The van der Waals surface area contributed by atoms with E-state index in [0.717, 1.165) is 12.6 Å². The predicted octanol–water partition coefficient (Wildman–Crippen LogP) is 2.50. The van der Waals surface area contributed by atoms with Crippen LogP contribution in [0.3, 0.4) is 0 Å². The molecule has 0 aromatic heterocycles. The summed E-state index contributed by atoms with van der Waals surface area (Å²) in [6.45, 7) is 7.84. The molecule has 0 radical (unpaired) electrons. The maximum Gasteiger partial charge on any atom is 0.244 e. The molecule has 0 amide bonds. The van der Waals surface area contributed by atoms with E-state index in [0.29, 0.717) is 32.0 Å². The normalized spacial score (nSPS) is 20.4. The molecule has 1 aromatic rings. The second-order valence-electron chi connectivity index (χ2n) is 6.95. The molecule has 0 aliphatic carbocycles. The van der Waals surface area contributed by atoms with Crippen LogP contribution in [0.25, 0.3) is 0 Å². The largest absolute Gasteiger partial charge is 0.396 e. The molecule has 0 saturated carbocycles. The van der Waals surface area contributed by atoms with Crippen molar-refractivity contribution in [2.75, 3.05) is 32.8 Å². The quantitative estimate of drug-likeness (QED) is 0.808. The van der Waals surface area contributed by atoms with Crippen LogP contribution in [-0.4, -0.2) is 61.6 Å². The number of sulfonamides is 1. The monoisotopic (exact) mass is 392 g/mol. The zero-order valence-electron chi connectivity index (χ0n) is 14.9. The first-order chi connectivity index (χ1) is 11.7. The molecule has 1 N–H and O–H groups in total. The summed E-state index contributed by atoms with van der Waals surface area (Å²) in [5.74, 6) is -0.0672. The standard InChI is InChI=1S/C17H26ClFN2O3S/c1-12(2)10-20-5-6-21(11-14(20)4-7-22)25(23,24)17-8-13(3)16(19)9-15(17)18/h8-9,12,14,22H,4-7,10-11H2,1-3H3. The number of hydrogen-bond acceptors (Lipinski definition) is 4. The molecule has 1 aliphatic rings. The van der Waals surface area contributed by atoms with Crippen molar-refractivity contribution < 1.29 is 17.9 Å². The lowest BCUT2D eigenvalue weighted by molar-refractivity contribution is 0.0853. The number of benzene rings is 1. The van der Waals surface area contributed by atoms with Gasteiger partial charge < -0.3 is 5.11 Å². The van der Waals surface area contributed by atoms with Crippen molar-refractivity contribution in [1.82, 2.24) is 9.21 Å². The average Bonchev–Trinajstić information content (AvgIpc) is 2.52. The van der Waals surface area contributed by atoms with Gasteiger partial charge in [-0.15, -0.1) is 0 Å². The molecule has 1 fully saturated rings. The number of nitrogens with zero attached hydrogens (tertiary/aromatic N) is 2. The summed E-state index contributed by atoms with van der Waals surface area (Å²) in [7, 11) is -3.81. The summed E-state index contributed by atoms with van der Waals surface area (Å²) in [5, 5.41) is 9.22. The van der Waals surface area contributed by atoms with E-state index in [9.17, 15) is 17.9 Å². The van der Waals surface area contributed by atoms with Gasteiger partial charge in [-0.1, -0.05) is 25.4 Å². The Hall–Kier alpha value is -0.730. The van der Waals surface area contributed by atoms with Crippen molar-refractivity contribution in [3.05, 3.63) is 28.5 Å². The van der Waals surface area contributed by atoms with Crippen molar-refractivity contribution in [1.29, 1.82) is 0 Å². The molecule has 25 heavy (non-hydrogen) atoms. The first-order valence-corrected chi connectivity index (χ1v) is 10.3. The highest BCUT2D eigenvalue weighted by atomic mass is 35.5. The van der Waals surface area contributed by atoms with Gasteiger partial charge in [-0.05, 0) is 37.0 Å². The Morgan fingerprint density at radius 2 is 2.04 bits per heavy atom. The Morgan fingerprint density at radius 3 is 2.64 bits per heavy atom. The number of aliphatic hydroxyl groups excluding tert-OH is 1. The first-order valence-electron chi connectivity index (χ1n) is 8.47. The van der Waals surface area contributed by atoms with Crippen LogP contribution in [0.15, 0.2) is 17.0 Å². The molecular weight excluding hydrogens is 367 g/mol. The fraction of sp³-hybridized carbons (Fsp3) is 0.647. The molecular formula is C17H26ClFN2O3S. The lowest BCUT2D eigenvalue weighted by Gasteiger charge is -2.41. The number of hydrogen-bond donors (Lipinski definition) is 1. The van der Waals surface area contributed by atoms with Crippen molar-refractivity contribution in [2.45, 2.75) is 38.1 Å². The van der Waals surface area contributed by atoms with Gasteiger partial charge in [0.2, 0.25) is 10.0 Å². The van der Waals surface area contributed by atoms with Gasteiger partial charge in [-0.25, -0.2) is 12.8 Å². The molecule has 8 heteroatoms. The van der Waals surface area contributed by atoms with Crippen LogP contribution in [0.5, 0.6) is 0 Å². The third kappa shape index (κ3) is 4.71. The van der Waals surface area contributed by atoms with Crippen molar-refractivity contribution in [3.63, 3.8) is 0 Å². The molecule has 1 saturated heterocycles. The molecule has 5 nitrogen and oxygen atoms in total. The lowest BCUT2D eigenvalue weighted by Crippen LogP contribution is -2.55. The van der Waals surface area contributed by atoms with Gasteiger partial charge in [-0.2, -0.15) is 4.31 Å². The second-order valence-corrected chi connectivity index (χ2v) is 9.26. The highest BCUT2D eigenvalue weighted by molar-refractivity contribution is 7.89. The second kappa shape index (κ2) is 8.31. The number of piperazine rings is 1. The summed E-state index contributed by atoms with van der Waals surface area (Å²) in [6, 6.07) is 2.29. The van der Waals surface area contributed by atoms with Gasteiger partial charge in [0.1, 0.15) is 10.7 Å². The summed E-state index contributed by atoms with van der Waals surface area (Å²) >= 11 is 6.00. The highest BCUT2D eigenvalue weighted by Gasteiger charge is 2.35. The summed E-state index contributed by atoms with van der Waals surface area (Å²) in [5.41, 5.74) is 0.244. The van der Waals surface area contributed by atoms with E-state index in [4.69, 9.17) is 11.6 Å². The van der Waals surface area contributed by atoms with E-state index in [1.54, 1.807) is 0 Å². The Morgan fingerprint density at radius 1 is 1.36 bits per heavy atom. The lowest BCUT2D eigenvalue weighted by atomic mass is 10.1. The third-order valence-corrected chi connectivity index (χ3v) is 6.79. The highest BCUT2D eigenvalue weighted by Crippen LogP contribution is 2.29. The summed E-state index contributed by atoms with van der Waals surface area (Å²) in [6.07, 6.45) is 0.509. The SMILES string of the molecule is Cc1cc(S(=O)(=O)N2CCN(CC(C)C)C(CCO)C2)c(Cl)cc1F. The molecule has 0 spiro atoms. The zero-order chi connectivity index (χ0) is 18.8. The molecule has 1 heterocycles. The summed E-state index contributed by atoms with van der Waals surface area (Å²) < 4.78 is 41.0. The van der Waals surface area contributed by atoms with Crippen LogP contribution in [0.4, 0.5) is 4.39 Å². The van der Waals surface area contributed by atoms with Crippen LogP contribution in [0, 0.1) is 18.7 Å².